The normalized spacial score (nSPS) is 11.8. The molecule has 0 amide bonds. The third-order valence-corrected chi connectivity index (χ3v) is 5.61. The first-order valence-electron chi connectivity index (χ1n) is 10.5. The Balaban J connectivity index is 1.29. The molecule has 3 aromatic heterocycles. The van der Waals surface area contributed by atoms with Crippen LogP contribution >= 0.6 is 0 Å². The van der Waals surface area contributed by atoms with Crippen LogP contribution in [0.3, 0.4) is 0 Å². The summed E-state index contributed by atoms with van der Waals surface area (Å²) in [6.07, 6.45) is 3.67. The van der Waals surface area contributed by atoms with Gasteiger partial charge in [0.05, 0.1) is 12.8 Å². The van der Waals surface area contributed by atoms with E-state index in [0.29, 0.717) is 23.7 Å². The van der Waals surface area contributed by atoms with Gasteiger partial charge in [-0.2, -0.15) is 10.1 Å². The zero-order chi connectivity index (χ0) is 22.2. The molecule has 0 radical (unpaired) electrons. The van der Waals surface area contributed by atoms with Gasteiger partial charge in [0, 0.05) is 39.1 Å². The predicted octanol–water partition coefficient (Wildman–Crippen LogP) is 5.09. The van der Waals surface area contributed by atoms with Gasteiger partial charge < -0.3 is 9.55 Å². The minimum absolute atomic E-state index is 0.218. The molecule has 0 aliphatic heterocycles. The number of aromatic nitrogens is 5. The number of halogens is 1. The third kappa shape index (κ3) is 3.47. The highest BCUT2D eigenvalue weighted by molar-refractivity contribution is 6.03. The lowest BCUT2D eigenvalue weighted by Crippen LogP contribution is -2.00. The van der Waals surface area contributed by atoms with Crippen molar-refractivity contribution in [2.75, 3.05) is 5.43 Å². The zero-order valence-corrected chi connectivity index (χ0v) is 17.4. The van der Waals surface area contributed by atoms with Gasteiger partial charge >= 0.3 is 0 Å². The van der Waals surface area contributed by atoms with Gasteiger partial charge in [0.1, 0.15) is 11.3 Å². The van der Waals surface area contributed by atoms with Crippen LogP contribution < -0.4 is 5.43 Å². The monoisotopic (exact) mass is 435 g/mol. The second-order valence-electron chi connectivity index (χ2n) is 7.69. The number of nitrogens with zero attached hydrogens (tertiary/aromatic N) is 5. The molecule has 0 atom stereocenters. The molecular formula is C25H18FN7. The van der Waals surface area contributed by atoms with Gasteiger partial charge in [-0.1, -0.05) is 54.6 Å². The molecule has 0 aliphatic carbocycles. The standard InChI is InChI=1S/C25H18FN7/c26-20-10-4-1-7-16(20)14-33-15-17(18-8-3-6-12-22(18)33)13-27-31-25-29-24-23(30-32-25)19-9-2-5-11-21(19)28-24/h1-13,15H,14H2,(H2,28,29,31,32). The van der Waals surface area contributed by atoms with E-state index in [1.165, 1.54) is 6.07 Å². The van der Waals surface area contributed by atoms with Crippen molar-refractivity contribution in [3.63, 3.8) is 0 Å². The van der Waals surface area contributed by atoms with Crippen molar-refractivity contribution in [3.8, 4) is 0 Å². The van der Waals surface area contributed by atoms with Crippen LogP contribution in [0.5, 0.6) is 0 Å². The maximum atomic E-state index is 14.2. The van der Waals surface area contributed by atoms with Gasteiger partial charge in [-0.25, -0.2) is 9.82 Å². The fraction of sp³-hybridized carbons (Fsp3) is 0.0400. The number of hydrogen-bond donors (Lipinski definition) is 2. The molecule has 2 N–H and O–H groups in total. The van der Waals surface area contributed by atoms with Crippen LogP contribution in [-0.2, 0) is 6.54 Å². The van der Waals surface area contributed by atoms with E-state index in [1.54, 1.807) is 18.3 Å². The topological polar surface area (TPSA) is 83.8 Å². The van der Waals surface area contributed by atoms with Crippen LogP contribution in [0.4, 0.5) is 10.3 Å². The number of hydrogen-bond acceptors (Lipinski definition) is 5. The van der Waals surface area contributed by atoms with E-state index in [4.69, 9.17) is 0 Å². The fourth-order valence-corrected chi connectivity index (χ4v) is 4.05. The number of anilines is 1. The minimum Gasteiger partial charge on any atom is -0.342 e. The largest absolute Gasteiger partial charge is 0.342 e. The molecule has 6 aromatic rings. The quantitative estimate of drug-likeness (QED) is 0.292. The van der Waals surface area contributed by atoms with Gasteiger partial charge in [0.2, 0.25) is 0 Å². The Bertz CT molecular complexity index is 1650. The van der Waals surface area contributed by atoms with Crippen molar-refractivity contribution in [1.29, 1.82) is 0 Å². The predicted molar refractivity (Wildman–Crippen MR) is 128 cm³/mol. The highest BCUT2D eigenvalue weighted by Crippen LogP contribution is 2.23. The molecule has 8 heteroatoms. The molecule has 33 heavy (non-hydrogen) atoms. The zero-order valence-electron chi connectivity index (χ0n) is 17.4. The van der Waals surface area contributed by atoms with Crippen LogP contribution in [0.1, 0.15) is 11.1 Å². The number of aromatic amines is 1. The van der Waals surface area contributed by atoms with Crippen molar-refractivity contribution in [3.05, 3.63) is 95.9 Å². The molecule has 0 saturated carbocycles. The van der Waals surface area contributed by atoms with Crippen LogP contribution in [0, 0.1) is 5.82 Å². The fourth-order valence-electron chi connectivity index (χ4n) is 4.05. The Hall–Kier alpha value is -4.59. The summed E-state index contributed by atoms with van der Waals surface area (Å²) >= 11 is 0. The number of H-pyrrole nitrogens is 1. The van der Waals surface area contributed by atoms with E-state index in [1.807, 2.05) is 65.4 Å². The summed E-state index contributed by atoms with van der Waals surface area (Å²) in [7, 11) is 0. The lowest BCUT2D eigenvalue weighted by Gasteiger charge is -2.06. The Morgan fingerprint density at radius 3 is 2.64 bits per heavy atom. The molecule has 6 rings (SSSR count). The summed E-state index contributed by atoms with van der Waals surface area (Å²) in [6, 6.07) is 22.6. The highest BCUT2D eigenvalue weighted by atomic mass is 19.1. The van der Waals surface area contributed by atoms with Crippen molar-refractivity contribution in [1.82, 2.24) is 24.7 Å². The van der Waals surface area contributed by atoms with E-state index in [9.17, 15) is 4.39 Å². The van der Waals surface area contributed by atoms with Crippen molar-refractivity contribution >= 4 is 45.1 Å². The summed E-state index contributed by atoms with van der Waals surface area (Å²) in [5, 5.41) is 14.7. The number of nitrogens with one attached hydrogen (secondary N) is 2. The number of rotatable bonds is 5. The first-order valence-corrected chi connectivity index (χ1v) is 10.5. The van der Waals surface area contributed by atoms with Crippen molar-refractivity contribution in [2.24, 2.45) is 5.10 Å². The summed E-state index contributed by atoms with van der Waals surface area (Å²) in [4.78, 5) is 7.72. The average Bonchev–Trinajstić information content (AvgIpc) is 3.38. The maximum Gasteiger partial charge on any atom is 0.265 e. The highest BCUT2D eigenvalue weighted by Gasteiger charge is 2.10. The van der Waals surface area contributed by atoms with Crippen molar-refractivity contribution < 1.29 is 4.39 Å². The first-order chi connectivity index (χ1) is 16.3. The Kier molecular flexibility index (Phi) is 4.54. The molecular weight excluding hydrogens is 417 g/mol. The van der Waals surface area contributed by atoms with Crippen LogP contribution in [-0.4, -0.2) is 30.9 Å². The summed E-state index contributed by atoms with van der Waals surface area (Å²) in [6.45, 7) is 0.429. The van der Waals surface area contributed by atoms with E-state index in [0.717, 1.165) is 32.9 Å². The summed E-state index contributed by atoms with van der Waals surface area (Å²) in [5.74, 6) is 0.0737. The number of para-hydroxylation sites is 2. The molecule has 0 saturated heterocycles. The van der Waals surface area contributed by atoms with Crippen LogP contribution in [0.2, 0.25) is 0 Å². The molecule has 0 fully saturated rings. The molecule has 7 nitrogen and oxygen atoms in total. The summed E-state index contributed by atoms with van der Waals surface area (Å²) < 4.78 is 16.2. The molecule has 3 heterocycles. The number of benzene rings is 3. The Morgan fingerprint density at radius 1 is 0.939 bits per heavy atom. The van der Waals surface area contributed by atoms with Gasteiger partial charge in [-0.05, 0) is 18.2 Å². The molecule has 160 valence electrons. The van der Waals surface area contributed by atoms with E-state index in [-0.39, 0.29) is 5.82 Å². The van der Waals surface area contributed by atoms with Gasteiger partial charge in [-0.15, -0.1) is 10.2 Å². The third-order valence-electron chi connectivity index (χ3n) is 5.61. The average molecular weight is 435 g/mol. The lowest BCUT2D eigenvalue weighted by atomic mass is 10.2. The van der Waals surface area contributed by atoms with E-state index in [2.05, 4.69) is 30.7 Å². The van der Waals surface area contributed by atoms with Crippen LogP contribution in [0.15, 0.2) is 84.1 Å². The number of fused-ring (bicyclic) bond motifs is 4. The number of hydrazone groups is 1. The van der Waals surface area contributed by atoms with E-state index < -0.39 is 0 Å². The maximum absolute atomic E-state index is 14.2. The van der Waals surface area contributed by atoms with Gasteiger partial charge in [0.25, 0.3) is 5.95 Å². The molecule has 0 spiro atoms. The smallest absolute Gasteiger partial charge is 0.265 e. The minimum atomic E-state index is -0.218. The molecule has 0 bridgehead atoms. The molecule has 0 unspecified atom stereocenters. The van der Waals surface area contributed by atoms with Gasteiger partial charge in [-0.3, -0.25) is 0 Å². The lowest BCUT2D eigenvalue weighted by molar-refractivity contribution is 0.602. The second kappa shape index (κ2) is 7.83. The van der Waals surface area contributed by atoms with Crippen molar-refractivity contribution in [2.45, 2.75) is 6.54 Å². The molecule has 0 aliphatic rings. The SMILES string of the molecule is Fc1ccccc1Cn1cc(C=NNc2nnc3c(n2)[nH]c2ccccc23)c2ccccc21. The second-order valence-corrected chi connectivity index (χ2v) is 7.69. The Morgan fingerprint density at radius 2 is 1.73 bits per heavy atom. The van der Waals surface area contributed by atoms with Gasteiger partial charge in [0.15, 0.2) is 5.65 Å². The summed E-state index contributed by atoms with van der Waals surface area (Å²) in [5.41, 5.74) is 7.70. The van der Waals surface area contributed by atoms with Crippen LogP contribution in [0.25, 0.3) is 33.0 Å². The Labute approximate surface area is 187 Å². The first kappa shape index (κ1) is 19.1. The van der Waals surface area contributed by atoms with E-state index >= 15 is 0 Å². The molecule has 3 aromatic carbocycles.